The van der Waals surface area contributed by atoms with Crippen LogP contribution in [0.5, 0.6) is 0 Å². The maximum atomic E-state index is 12.5. The lowest BCUT2D eigenvalue weighted by Gasteiger charge is -2.14. The Kier molecular flexibility index (Phi) is 4.14. The number of nitrogens with zero attached hydrogens (tertiary/aromatic N) is 4. The molecule has 6 nitrogen and oxygen atoms in total. The van der Waals surface area contributed by atoms with E-state index in [1.54, 1.807) is 23.9 Å². The van der Waals surface area contributed by atoms with E-state index in [1.165, 1.54) is 0 Å². The number of hydrogen-bond acceptors (Lipinski definition) is 4. The van der Waals surface area contributed by atoms with Crippen molar-refractivity contribution in [2.24, 2.45) is 7.05 Å². The van der Waals surface area contributed by atoms with E-state index in [-0.39, 0.29) is 11.9 Å². The molecule has 0 radical (unpaired) electrons. The lowest BCUT2D eigenvalue weighted by Crippen LogP contribution is -2.26. The summed E-state index contributed by atoms with van der Waals surface area (Å²) in [6, 6.07) is 17.1. The molecule has 116 valence electrons. The zero-order chi connectivity index (χ0) is 16.2. The minimum atomic E-state index is -0.127. The highest BCUT2D eigenvalue weighted by molar-refractivity contribution is 5.95. The summed E-state index contributed by atoms with van der Waals surface area (Å²) in [6.45, 7) is 1.96. The molecule has 1 atom stereocenters. The molecular formula is C17H17N5O. The van der Waals surface area contributed by atoms with E-state index in [4.69, 9.17) is 0 Å². The van der Waals surface area contributed by atoms with Gasteiger partial charge in [0.2, 0.25) is 0 Å². The van der Waals surface area contributed by atoms with Crippen LogP contribution in [0.4, 0.5) is 0 Å². The molecule has 6 heteroatoms. The van der Waals surface area contributed by atoms with Gasteiger partial charge in [-0.15, -0.1) is 5.10 Å². The highest BCUT2D eigenvalue weighted by Gasteiger charge is 2.13. The summed E-state index contributed by atoms with van der Waals surface area (Å²) in [6.07, 6.45) is 0. The molecule has 1 unspecified atom stereocenters. The van der Waals surface area contributed by atoms with E-state index in [1.807, 2.05) is 49.4 Å². The smallest absolute Gasteiger partial charge is 0.251 e. The molecule has 0 aliphatic rings. The number of rotatable bonds is 4. The summed E-state index contributed by atoms with van der Waals surface area (Å²) in [7, 11) is 1.76. The van der Waals surface area contributed by atoms with E-state index in [2.05, 4.69) is 20.8 Å². The average molecular weight is 307 g/mol. The standard InChI is InChI=1S/C17H17N5O/c1-12(13-7-4-3-5-8-13)18-17(23)15-10-6-9-14(11-15)16-19-20-21-22(16)2/h3-12H,1-2H3,(H,18,23). The second-order valence-electron chi connectivity index (χ2n) is 5.31. The Hall–Kier alpha value is -3.02. The maximum Gasteiger partial charge on any atom is 0.251 e. The molecule has 2 aromatic carbocycles. The monoisotopic (exact) mass is 307 g/mol. The van der Waals surface area contributed by atoms with Gasteiger partial charge in [0.25, 0.3) is 5.91 Å². The molecule has 0 aliphatic heterocycles. The third-order valence-electron chi connectivity index (χ3n) is 3.65. The van der Waals surface area contributed by atoms with Crippen LogP contribution in [0.1, 0.15) is 28.9 Å². The van der Waals surface area contributed by atoms with Crippen molar-refractivity contribution in [1.29, 1.82) is 0 Å². The predicted octanol–water partition coefficient (Wildman–Crippen LogP) is 2.37. The van der Waals surface area contributed by atoms with Gasteiger partial charge in [0.15, 0.2) is 5.82 Å². The quantitative estimate of drug-likeness (QED) is 0.803. The Morgan fingerprint density at radius 1 is 1.13 bits per heavy atom. The molecule has 1 heterocycles. The van der Waals surface area contributed by atoms with E-state index in [9.17, 15) is 4.79 Å². The van der Waals surface area contributed by atoms with Crippen LogP contribution >= 0.6 is 0 Å². The second kappa shape index (κ2) is 6.39. The van der Waals surface area contributed by atoms with Gasteiger partial charge in [-0.25, -0.2) is 4.68 Å². The molecular weight excluding hydrogens is 290 g/mol. The first-order valence-electron chi connectivity index (χ1n) is 7.34. The van der Waals surface area contributed by atoms with Crippen molar-refractivity contribution in [3.8, 4) is 11.4 Å². The van der Waals surface area contributed by atoms with Crippen molar-refractivity contribution in [1.82, 2.24) is 25.5 Å². The van der Waals surface area contributed by atoms with Gasteiger partial charge in [0, 0.05) is 18.2 Å². The molecule has 1 aromatic heterocycles. The number of amides is 1. The molecule has 1 amide bonds. The Morgan fingerprint density at radius 2 is 1.91 bits per heavy atom. The third kappa shape index (κ3) is 3.26. The van der Waals surface area contributed by atoms with Crippen molar-refractivity contribution in [3.63, 3.8) is 0 Å². The third-order valence-corrected chi connectivity index (χ3v) is 3.65. The van der Waals surface area contributed by atoms with Gasteiger partial charge in [-0.05, 0) is 35.0 Å². The zero-order valence-electron chi connectivity index (χ0n) is 13.0. The number of benzene rings is 2. The fraction of sp³-hybridized carbons (Fsp3) is 0.176. The van der Waals surface area contributed by atoms with E-state index >= 15 is 0 Å². The lowest BCUT2D eigenvalue weighted by molar-refractivity contribution is 0.0940. The number of hydrogen-bond donors (Lipinski definition) is 1. The second-order valence-corrected chi connectivity index (χ2v) is 5.31. The topological polar surface area (TPSA) is 72.7 Å². The van der Waals surface area contributed by atoms with Crippen molar-refractivity contribution in [3.05, 3.63) is 65.7 Å². The molecule has 0 saturated heterocycles. The summed E-state index contributed by atoms with van der Waals surface area (Å²) in [5, 5.41) is 14.4. The van der Waals surface area contributed by atoms with Crippen molar-refractivity contribution >= 4 is 5.91 Å². The number of nitrogens with one attached hydrogen (secondary N) is 1. The van der Waals surface area contributed by atoms with Gasteiger partial charge in [0.05, 0.1) is 6.04 Å². The molecule has 3 rings (SSSR count). The largest absolute Gasteiger partial charge is 0.346 e. The van der Waals surface area contributed by atoms with Crippen LogP contribution in [0.25, 0.3) is 11.4 Å². The SMILES string of the molecule is CC(NC(=O)c1cccc(-c2nnnn2C)c1)c1ccccc1. The van der Waals surface area contributed by atoms with Crippen LogP contribution in [-0.2, 0) is 7.05 Å². The van der Waals surface area contributed by atoms with E-state index in [0.717, 1.165) is 11.1 Å². The molecule has 3 aromatic rings. The van der Waals surface area contributed by atoms with Gasteiger partial charge in [-0.1, -0.05) is 42.5 Å². The van der Waals surface area contributed by atoms with Crippen LogP contribution in [0.3, 0.4) is 0 Å². The highest BCUT2D eigenvalue weighted by Crippen LogP contribution is 2.18. The summed E-state index contributed by atoms with van der Waals surface area (Å²) >= 11 is 0. The highest BCUT2D eigenvalue weighted by atomic mass is 16.1. The minimum Gasteiger partial charge on any atom is -0.346 e. The van der Waals surface area contributed by atoms with Gasteiger partial charge in [0.1, 0.15) is 0 Å². The summed E-state index contributed by atoms with van der Waals surface area (Å²) in [5.74, 6) is 0.495. The van der Waals surface area contributed by atoms with Gasteiger partial charge in [-0.2, -0.15) is 0 Å². The Balaban J connectivity index is 1.79. The minimum absolute atomic E-state index is 0.0659. The normalized spacial score (nSPS) is 11.9. The van der Waals surface area contributed by atoms with E-state index < -0.39 is 0 Å². The molecule has 0 bridgehead atoms. The zero-order valence-corrected chi connectivity index (χ0v) is 13.0. The predicted molar refractivity (Wildman–Crippen MR) is 86.6 cm³/mol. The Labute approximate surface area is 134 Å². The van der Waals surface area contributed by atoms with Crippen LogP contribution in [0.15, 0.2) is 54.6 Å². The van der Waals surface area contributed by atoms with Crippen molar-refractivity contribution < 1.29 is 4.79 Å². The molecule has 0 aliphatic carbocycles. The summed E-state index contributed by atoms with van der Waals surface area (Å²) in [4.78, 5) is 12.5. The summed E-state index contributed by atoms with van der Waals surface area (Å²) < 4.78 is 1.57. The fourth-order valence-electron chi connectivity index (χ4n) is 2.38. The van der Waals surface area contributed by atoms with Crippen LogP contribution in [0, 0.1) is 0 Å². The van der Waals surface area contributed by atoms with Gasteiger partial charge in [-0.3, -0.25) is 4.79 Å². The number of tetrazole rings is 1. The van der Waals surface area contributed by atoms with Gasteiger partial charge < -0.3 is 5.32 Å². The first-order valence-corrected chi connectivity index (χ1v) is 7.34. The molecule has 0 spiro atoms. The van der Waals surface area contributed by atoms with E-state index in [0.29, 0.717) is 11.4 Å². The number of carbonyl (C=O) groups is 1. The fourth-order valence-corrected chi connectivity index (χ4v) is 2.38. The van der Waals surface area contributed by atoms with Crippen molar-refractivity contribution in [2.75, 3.05) is 0 Å². The maximum absolute atomic E-state index is 12.5. The molecule has 0 saturated carbocycles. The van der Waals surface area contributed by atoms with Crippen molar-refractivity contribution in [2.45, 2.75) is 13.0 Å². The van der Waals surface area contributed by atoms with Crippen LogP contribution < -0.4 is 5.32 Å². The first-order chi connectivity index (χ1) is 11.1. The first kappa shape index (κ1) is 14.9. The number of carbonyl (C=O) groups excluding carboxylic acids is 1. The van der Waals surface area contributed by atoms with Crippen LogP contribution in [0.2, 0.25) is 0 Å². The summed E-state index contributed by atoms with van der Waals surface area (Å²) in [5.41, 5.74) is 2.44. The average Bonchev–Trinajstić information content (AvgIpc) is 3.02. The van der Waals surface area contributed by atoms with Crippen LogP contribution in [-0.4, -0.2) is 26.1 Å². The number of aromatic nitrogens is 4. The molecule has 0 fully saturated rings. The Morgan fingerprint density at radius 3 is 2.61 bits per heavy atom. The molecule has 23 heavy (non-hydrogen) atoms. The van der Waals surface area contributed by atoms with Gasteiger partial charge >= 0.3 is 0 Å². The lowest BCUT2D eigenvalue weighted by atomic mass is 10.1. The molecule has 1 N–H and O–H groups in total. The number of aryl methyl sites for hydroxylation is 1. The Bertz CT molecular complexity index is 813.